The van der Waals surface area contributed by atoms with Gasteiger partial charge in [0.25, 0.3) is 0 Å². The zero-order valence-corrected chi connectivity index (χ0v) is 14.7. The molecule has 4 nitrogen and oxygen atoms in total. The van der Waals surface area contributed by atoms with Crippen molar-refractivity contribution in [3.63, 3.8) is 0 Å². The predicted octanol–water partition coefficient (Wildman–Crippen LogP) is 3.92. The first-order chi connectivity index (χ1) is 11.5. The predicted molar refractivity (Wildman–Crippen MR) is 101 cm³/mol. The Hall–Kier alpha value is -2.40. The molecule has 0 radical (unpaired) electrons. The summed E-state index contributed by atoms with van der Waals surface area (Å²) in [6.07, 6.45) is 1.22. The van der Waals surface area contributed by atoms with Gasteiger partial charge in [-0.25, -0.2) is 0 Å². The molecule has 0 bridgehead atoms. The molecule has 24 heavy (non-hydrogen) atoms. The van der Waals surface area contributed by atoms with Crippen molar-refractivity contribution >= 4 is 28.9 Å². The van der Waals surface area contributed by atoms with Crippen molar-refractivity contribution in [2.24, 2.45) is 0 Å². The molecule has 0 fully saturated rings. The van der Waals surface area contributed by atoms with Crippen molar-refractivity contribution in [1.82, 2.24) is 5.32 Å². The second kappa shape index (κ2) is 9.03. The molecule has 0 aromatic heterocycles. The molecule has 0 heterocycles. The number of aryl methyl sites for hydroxylation is 1. The van der Waals surface area contributed by atoms with Crippen LogP contribution in [0.3, 0.4) is 0 Å². The van der Waals surface area contributed by atoms with Crippen molar-refractivity contribution in [2.45, 2.75) is 32.8 Å². The van der Waals surface area contributed by atoms with Crippen LogP contribution >= 0.6 is 12.2 Å². The van der Waals surface area contributed by atoms with Crippen molar-refractivity contribution in [1.29, 1.82) is 0 Å². The van der Waals surface area contributed by atoms with Gasteiger partial charge in [-0.3, -0.25) is 4.79 Å². The quantitative estimate of drug-likeness (QED) is 0.781. The fraction of sp³-hybridized carbons (Fsp3) is 0.263. The summed E-state index contributed by atoms with van der Waals surface area (Å²) >= 11 is 5.17. The van der Waals surface area contributed by atoms with Crippen LogP contribution in [-0.4, -0.2) is 17.1 Å². The van der Waals surface area contributed by atoms with Crippen LogP contribution in [0.4, 0.5) is 5.69 Å². The molecule has 0 saturated heterocycles. The number of benzene rings is 2. The fourth-order valence-corrected chi connectivity index (χ4v) is 2.37. The lowest BCUT2D eigenvalue weighted by Crippen LogP contribution is -2.34. The van der Waals surface area contributed by atoms with E-state index in [0.717, 1.165) is 17.0 Å². The average molecular weight is 342 g/mol. The lowest BCUT2D eigenvalue weighted by Gasteiger charge is -2.12. The van der Waals surface area contributed by atoms with E-state index in [2.05, 4.69) is 10.6 Å². The van der Waals surface area contributed by atoms with Crippen LogP contribution in [0, 0.1) is 0 Å². The summed E-state index contributed by atoms with van der Waals surface area (Å²) in [5.41, 5.74) is 1.94. The smallest absolute Gasteiger partial charge is 0.226 e. The number of ether oxygens (including phenoxy) is 1. The molecule has 1 amide bonds. The molecule has 126 valence electrons. The highest BCUT2D eigenvalue weighted by atomic mass is 32.1. The zero-order chi connectivity index (χ0) is 17.4. The van der Waals surface area contributed by atoms with Crippen molar-refractivity contribution in [2.75, 3.05) is 5.32 Å². The minimum absolute atomic E-state index is 0.101. The first-order valence-electron chi connectivity index (χ1n) is 7.94. The molecule has 2 rings (SSSR count). The number of amides is 1. The molecule has 2 N–H and O–H groups in total. The van der Waals surface area contributed by atoms with Gasteiger partial charge in [-0.2, -0.15) is 0 Å². The maximum atomic E-state index is 11.9. The lowest BCUT2D eigenvalue weighted by molar-refractivity contribution is -0.119. The van der Waals surface area contributed by atoms with Crippen LogP contribution in [-0.2, 0) is 11.2 Å². The van der Waals surface area contributed by atoms with E-state index in [1.807, 2.05) is 68.4 Å². The SMILES string of the molecule is CC(C)Oc1ccc(NC(=S)NC(=O)CCc2ccccc2)cc1. The molecule has 0 spiro atoms. The summed E-state index contributed by atoms with van der Waals surface area (Å²) in [5.74, 6) is 0.699. The van der Waals surface area contributed by atoms with Crippen LogP contribution in [0.25, 0.3) is 0 Å². The number of carbonyl (C=O) groups excluding carboxylic acids is 1. The van der Waals surface area contributed by atoms with Gasteiger partial charge in [-0.1, -0.05) is 30.3 Å². The molecule has 2 aromatic rings. The molecule has 0 unspecified atom stereocenters. The van der Waals surface area contributed by atoms with E-state index in [0.29, 0.717) is 18.0 Å². The van der Waals surface area contributed by atoms with Gasteiger partial charge in [0.2, 0.25) is 5.91 Å². The summed E-state index contributed by atoms with van der Waals surface area (Å²) in [6.45, 7) is 3.96. The fourth-order valence-electron chi connectivity index (χ4n) is 2.14. The summed E-state index contributed by atoms with van der Waals surface area (Å²) in [5, 5.41) is 5.99. The van der Waals surface area contributed by atoms with E-state index in [9.17, 15) is 4.79 Å². The third-order valence-corrected chi connectivity index (χ3v) is 3.42. The van der Waals surface area contributed by atoms with E-state index in [1.165, 1.54) is 0 Å². The van der Waals surface area contributed by atoms with Crippen LogP contribution in [0.5, 0.6) is 5.75 Å². The normalized spacial score (nSPS) is 10.3. The molecule has 5 heteroatoms. The highest BCUT2D eigenvalue weighted by Gasteiger charge is 2.06. The van der Waals surface area contributed by atoms with E-state index >= 15 is 0 Å². The van der Waals surface area contributed by atoms with E-state index in [1.54, 1.807) is 0 Å². The third kappa shape index (κ3) is 6.38. The highest BCUT2D eigenvalue weighted by Crippen LogP contribution is 2.16. The molecule has 0 saturated carbocycles. The Morgan fingerprint density at radius 2 is 1.75 bits per heavy atom. The Morgan fingerprint density at radius 1 is 1.08 bits per heavy atom. The van der Waals surface area contributed by atoms with E-state index in [-0.39, 0.29) is 12.0 Å². The Balaban J connectivity index is 1.76. The molecule has 0 aliphatic carbocycles. The Labute approximate surface area is 148 Å². The number of hydrogen-bond acceptors (Lipinski definition) is 3. The Bertz CT molecular complexity index is 670. The maximum Gasteiger partial charge on any atom is 0.226 e. The number of thiocarbonyl (C=S) groups is 1. The van der Waals surface area contributed by atoms with Gasteiger partial charge in [-0.15, -0.1) is 0 Å². The summed E-state index contributed by atoms with van der Waals surface area (Å²) < 4.78 is 5.58. The van der Waals surface area contributed by atoms with Gasteiger partial charge in [0.15, 0.2) is 5.11 Å². The second-order valence-corrected chi connectivity index (χ2v) is 6.09. The molecule has 0 aliphatic heterocycles. The highest BCUT2D eigenvalue weighted by molar-refractivity contribution is 7.80. The number of nitrogens with one attached hydrogen (secondary N) is 2. The van der Waals surface area contributed by atoms with E-state index < -0.39 is 0 Å². The van der Waals surface area contributed by atoms with Crippen molar-refractivity contribution < 1.29 is 9.53 Å². The minimum atomic E-state index is -0.101. The zero-order valence-electron chi connectivity index (χ0n) is 13.9. The summed E-state index contributed by atoms with van der Waals surface area (Å²) in [6, 6.07) is 17.3. The number of carbonyl (C=O) groups is 1. The monoisotopic (exact) mass is 342 g/mol. The van der Waals surface area contributed by atoms with Gasteiger partial charge < -0.3 is 15.4 Å². The van der Waals surface area contributed by atoms with E-state index in [4.69, 9.17) is 17.0 Å². The summed E-state index contributed by atoms with van der Waals surface area (Å²) in [7, 11) is 0. The molecular weight excluding hydrogens is 320 g/mol. The lowest BCUT2D eigenvalue weighted by atomic mass is 10.1. The first kappa shape index (κ1) is 17.9. The Morgan fingerprint density at radius 3 is 2.38 bits per heavy atom. The first-order valence-corrected chi connectivity index (χ1v) is 8.35. The molecule has 2 aromatic carbocycles. The van der Waals surface area contributed by atoms with Crippen LogP contribution in [0.2, 0.25) is 0 Å². The number of anilines is 1. The third-order valence-electron chi connectivity index (χ3n) is 3.22. The standard InChI is InChI=1S/C19H22N2O2S/c1-14(2)23-17-11-9-16(10-12-17)20-19(24)21-18(22)13-8-15-6-4-3-5-7-15/h3-7,9-12,14H,8,13H2,1-2H3,(H2,20,21,22,24). The second-order valence-electron chi connectivity index (χ2n) is 5.68. The number of hydrogen-bond donors (Lipinski definition) is 2. The average Bonchev–Trinajstić information content (AvgIpc) is 2.55. The van der Waals surface area contributed by atoms with Crippen LogP contribution in [0.1, 0.15) is 25.8 Å². The number of rotatable bonds is 6. The summed E-state index contributed by atoms with van der Waals surface area (Å²) in [4.78, 5) is 11.9. The van der Waals surface area contributed by atoms with Gasteiger partial charge in [0.05, 0.1) is 6.10 Å². The van der Waals surface area contributed by atoms with Crippen molar-refractivity contribution in [3.8, 4) is 5.75 Å². The van der Waals surface area contributed by atoms with Crippen LogP contribution < -0.4 is 15.4 Å². The van der Waals surface area contributed by atoms with Crippen molar-refractivity contribution in [3.05, 3.63) is 60.2 Å². The molecule has 0 aliphatic rings. The molecule has 0 atom stereocenters. The van der Waals surface area contributed by atoms with Gasteiger partial charge in [0, 0.05) is 12.1 Å². The van der Waals surface area contributed by atoms with Gasteiger partial charge >= 0.3 is 0 Å². The van der Waals surface area contributed by atoms with Crippen LogP contribution in [0.15, 0.2) is 54.6 Å². The topological polar surface area (TPSA) is 50.4 Å². The Kier molecular flexibility index (Phi) is 6.75. The van der Waals surface area contributed by atoms with Gasteiger partial charge in [0.1, 0.15) is 5.75 Å². The van der Waals surface area contributed by atoms with Gasteiger partial charge in [-0.05, 0) is 62.3 Å². The minimum Gasteiger partial charge on any atom is -0.491 e. The molecular formula is C19H22N2O2S. The maximum absolute atomic E-state index is 11.9. The largest absolute Gasteiger partial charge is 0.491 e.